The van der Waals surface area contributed by atoms with Gasteiger partial charge in [-0.25, -0.2) is 0 Å². The fourth-order valence-corrected chi connectivity index (χ4v) is 0. The van der Waals surface area contributed by atoms with Crippen molar-refractivity contribution in [3.63, 3.8) is 0 Å². The minimum atomic E-state index is -0.833. The van der Waals surface area contributed by atoms with Crippen LogP contribution in [0.5, 0.6) is 0 Å². The van der Waals surface area contributed by atoms with Crippen LogP contribution in [0.1, 0.15) is 20.8 Å². The van der Waals surface area contributed by atoms with E-state index < -0.39 is 17.9 Å². The van der Waals surface area contributed by atoms with Crippen molar-refractivity contribution in [3.05, 3.63) is 12.7 Å². The summed E-state index contributed by atoms with van der Waals surface area (Å²) >= 11 is 0. The molecule has 0 unspecified atom stereocenters. The zero-order valence-corrected chi connectivity index (χ0v) is 9.30. The topological polar surface area (TPSA) is 136 Å². The van der Waals surface area contributed by atoms with Crippen LogP contribution in [0.3, 0.4) is 0 Å². The predicted molar refractivity (Wildman–Crippen MR) is 55.7 cm³/mol. The number of carboxylic acids is 3. The maximum Gasteiger partial charge on any atom is 0.300 e. The van der Waals surface area contributed by atoms with Gasteiger partial charge >= 0.3 is 0 Å². The molecule has 0 amide bonds. The smallest absolute Gasteiger partial charge is 0.300 e. The molecule has 0 saturated carbocycles. The highest BCUT2D eigenvalue weighted by atomic mass is 16.4. The minimum absolute atomic E-state index is 0.833. The molecule has 16 heavy (non-hydrogen) atoms. The van der Waals surface area contributed by atoms with E-state index in [4.69, 9.17) is 35.0 Å². The quantitative estimate of drug-likeness (QED) is 0.530. The molecule has 7 heteroatoms. The molecule has 0 aromatic carbocycles. The van der Waals surface area contributed by atoms with Crippen molar-refractivity contribution < 1.29 is 29.7 Å². The number of hydrogen-bond donors (Lipinski definition) is 3. The van der Waals surface area contributed by atoms with Crippen LogP contribution in [-0.4, -0.2) is 33.2 Å². The number of rotatable bonds is 0. The van der Waals surface area contributed by atoms with Crippen molar-refractivity contribution in [1.29, 1.82) is 5.26 Å². The number of allylic oxidation sites excluding steroid dienone is 1. The number of carboxylic acid groups (broad SMARTS) is 3. The van der Waals surface area contributed by atoms with E-state index in [1.807, 2.05) is 0 Å². The Balaban J connectivity index is -0.0000000600. The Kier molecular flexibility index (Phi) is 33.6. The zero-order valence-electron chi connectivity index (χ0n) is 9.30. The van der Waals surface area contributed by atoms with Gasteiger partial charge < -0.3 is 15.3 Å². The van der Waals surface area contributed by atoms with E-state index in [2.05, 4.69) is 6.58 Å². The molecule has 0 saturated heterocycles. The first kappa shape index (κ1) is 23.5. The van der Waals surface area contributed by atoms with Crippen LogP contribution in [0, 0.1) is 11.3 Å². The molecule has 0 atom stereocenters. The lowest BCUT2D eigenvalue weighted by atomic mass is 10.8. The molecular formula is C9H15NO6. The summed E-state index contributed by atoms with van der Waals surface area (Å²) in [6.45, 7) is 6.37. The van der Waals surface area contributed by atoms with Crippen molar-refractivity contribution in [2.24, 2.45) is 0 Å². The second-order valence-corrected chi connectivity index (χ2v) is 1.89. The standard InChI is InChI=1S/C3H3N.3C2H4O2/c1-2-3-4;3*1-2(3)4/h2H,1H2;3*1H3,(H,3,4). The van der Waals surface area contributed by atoms with Gasteiger partial charge in [0, 0.05) is 26.8 Å². The molecule has 3 N–H and O–H groups in total. The molecule has 0 spiro atoms. The molecule has 0 aliphatic rings. The van der Waals surface area contributed by atoms with Crippen molar-refractivity contribution in [3.8, 4) is 6.07 Å². The summed E-state index contributed by atoms with van der Waals surface area (Å²) in [5, 5.41) is 29.8. The summed E-state index contributed by atoms with van der Waals surface area (Å²) in [6, 6.07) is 1.69. The summed E-state index contributed by atoms with van der Waals surface area (Å²) in [7, 11) is 0. The Morgan fingerprint density at radius 2 is 1.06 bits per heavy atom. The first-order valence-corrected chi connectivity index (χ1v) is 3.70. The fourth-order valence-electron chi connectivity index (χ4n) is 0. The molecule has 0 aliphatic heterocycles. The van der Waals surface area contributed by atoms with Gasteiger partial charge in [-0.05, 0) is 0 Å². The van der Waals surface area contributed by atoms with Gasteiger partial charge in [0.05, 0.1) is 6.07 Å². The number of nitriles is 1. The van der Waals surface area contributed by atoms with Gasteiger partial charge in [0.25, 0.3) is 17.9 Å². The SMILES string of the molecule is C=CC#N.CC(=O)O.CC(=O)O.CC(=O)O. The Morgan fingerprint density at radius 3 is 1.06 bits per heavy atom. The monoisotopic (exact) mass is 233 g/mol. The van der Waals surface area contributed by atoms with E-state index in [1.165, 1.54) is 6.08 Å². The third-order valence-corrected chi connectivity index (χ3v) is 0.0913. The fraction of sp³-hybridized carbons (Fsp3) is 0.333. The van der Waals surface area contributed by atoms with E-state index in [-0.39, 0.29) is 0 Å². The normalized spacial score (nSPS) is 5.62. The molecule has 0 aliphatic carbocycles. The largest absolute Gasteiger partial charge is 0.481 e. The summed E-state index contributed by atoms with van der Waals surface area (Å²) in [5.74, 6) is -2.50. The van der Waals surface area contributed by atoms with Crippen LogP contribution in [0.2, 0.25) is 0 Å². The predicted octanol–water partition coefficient (Wildman–Crippen LogP) is 0.969. The summed E-state index contributed by atoms with van der Waals surface area (Å²) in [5.41, 5.74) is 0. The Labute approximate surface area is 93.2 Å². The van der Waals surface area contributed by atoms with E-state index in [0.29, 0.717) is 0 Å². The van der Waals surface area contributed by atoms with Crippen molar-refractivity contribution in [2.75, 3.05) is 0 Å². The maximum absolute atomic E-state index is 9.00. The van der Waals surface area contributed by atoms with Crippen molar-refractivity contribution in [2.45, 2.75) is 20.8 Å². The van der Waals surface area contributed by atoms with Crippen LogP contribution in [-0.2, 0) is 14.4 Å². The summed E-state index contributed by atoms with van der Waals surface area (Å²) in [6.07, 6.45) is 1.18. The Hall–Kier alpha value is -2.36. The third-order valence-electron chi connectivity index (χ3n) is 0.0913. The molecule has 0 aromatic heterocycles. The van der Waals surface area contributed by atoms with Gasteiger partial charge in [-0.15, -0.1) is 0 Å². The lowest BCUT2D eigenvalue weighted by Crippen LogP contribution is -1.78. The van der Waals surface area contributed by atoms with Crippen molar-refractivity contribution in [1.82, 2.24) is 0 Å². The molecule has 0 heterocycles. The highest BCUT2D eigenvalue weighted by molar-refractivity contribution is 5.63. The average Bonchev–Trinajstić information content (AvgIpc) is 2.00. The lowest BCUT2D eigenvalue weighted by Gasteiger charge is -1.59. The van der Waals surface area contributed by atoms with Gasteiger partial charge in [-0.1, -0.05) is 6.58 Å². The Morgan fingerprint density at radius 1 is 1.00 bits per heavy atom. The van der Waals surface area contributed by atoms with E-state index in [0.717, 1.165) is 20.8 Å². The lowest BCUT2D eigenvalue weighted by molar-refractivity contribution is -0.135. The first-order valence-electron chi connectivity index (χ1n) is 3.70. The molecule has 7 nitrogen and oxygen atoms in total. The highest BCUT2D eigenvalue weighted by Crippen LogP contribution is 1.43. The second kappa shape index (κ2) is 22.9. The maximum atomic E-state index is 9.00. The highest BCUT2D eigenvalue weighted by Gasteiger charge is 1.66. The van der Waals surface area contributed by atoms with E-state index >= 15 is 0 Å². The molecule has 0 rings (SSSR count). The number of carbonyl (C=O) groups is 3. The van der Waals surface area contributed by atoms with E-state index in [9.17, 15) is 0 Å². The minimum Gasteiger partial charge on any atom is -0.481 e. The van der Waals surface area contributed by atoms with Crippen LogP contribution < -0.4 is 0 Å². The molecule has 0 fully saturated rings. The number of aliphatic carboxylic acids is 3. The van der Waals surface area contributed by atoms with Crippen LogP contribution >= 0.6 is 0 Å². The van der Waals surface area contributed by atoms with Gasteiger partial charge in [-0.2, -0.15) is 5.26 Å². The first-order chi connectivity index (χ1) is 7.11. The molecule has 0 bridgehead atoms. The average molecular weight is 233 g/mol. The summed E-state index contributed by atoms with van der Waals surface area (Å²) in [4.78, 5) is 27.0. The Bertz CT molecular complexity index is 213. The van der Waals surface area contributed by atoms with Crippen LogP contribution in [0.15, 0.2) is 12.7 Å². The molecule has 0 aromatic rings. The second-order valence-electron chi connectivity index (χ2n) is 1.89. The van der Waals surface area contributed by atoms with Gasteiger partial charge in [-0.3, -0.25) is 14.4 Å². The number of nitrogens with zero attached hydrogens (tertiary/aromatic N) is 1. The van der Waals surface area contributed by atoms with Crippen LogP contribution in [0.25, 0.3) is 0 Å². The van der Waals surface area contributed by atoms with Gasteiger partial charge in [0.15, 0.2) is 0 Å². The molecular weight excluding hydrogens is 218 g/mol. The van der Waals surface area contributed by atoms with E-state index in [1.54, 1.807) is 6.07 Å². The summed E-state index contributed by atoms with van der Waals surface area (Å²) < 4.78 is 0. The number of hydrogen-bond acceptors (Lipinski definition) is 4. The molecule has 92 valence electrons. The van der Waals surface area contributed by atoms with Crippen molar-refractivity contribution >= 4 is 17.9 Å². The van der Waals surface area contributed by atoms with Gasteiger partial charge in [0.2, 0.25) is 0 Å². The molecule has 0 radical (unpaired) electrons. The van der Waals surface area contributed by atoms with Gasteiger partial charge in [0.1, 0.15) is 0 Å². The third kappa shape index (κ3) is 712. The zero-order chi connectivity index (χ0) is 14.1. The van der Waals surface area contributed by atoms with Crippen LogP contribution in [0.4, 0.5) is 0 Å².